The predicted molar refractivity (Wildman–Crippen MR) is 96.4 cm³/mol. The lowest BCUT2D eigenvalue weighted by Gasteiger charge is -2.36. The van der Waals surface area contributed by atoms with E-state index in [1.165, 1.54) is 4.68 Å². The van der Waals surface area contributed by atoms with E-state index in [1.54, 1.807) is 39.2 Å². The molecule has 0 radical (unpaired) electrons. The fraction of sp³-hybridized carbons (Fsp3) is 0.474. The lowest BCUT2D eigenvalue weighted by atomic mass is 9.86. The number of aromatic nitrogens is 2. The zero-order valence-electron chi connectivity index (χ0n) is 15.6. The molecule has 7 heteroatoms. The minimum atomic E-state index is -1.17. The first kappa shape index (κ1) is 18.3. The second kappa shape index (κ2) is 6.99. The van der Waals surface area contributed by atoms with Gasteiger partial charge in [-0.25, -0.2) is 4.68 Å². The summed E-state index contributed by atoms with van der Waals surface area (Å²) in [5.74, 6) is 1.05. The van der Waals surface area contributed by atoms with Crippen molar-refractivity contribution >= 4 is 5.91 Å². The molecule has 1 amide bonds. The summed E-state index contributed by atoms with van der Waals surface area (Å²) in [6.45, 7) is 2.35. The van der Waals surface area contributed by atoms with Gasteiger partial charge in [-0.05, 0) is 37.5 Å². The summed E-state index contributed by atoms with van der Waals surface area (Å²) in [4.78, 5) is 14.7. The first-order valence-corrected chi connectivity index (χ1v) is 8.64. The summed E-state index contributed by atoms with van der Waals surface area (Å²) >= 11 is 0. The highest BCUT2D eigenvalue weighted by Crippen LogP contribution is 2.36. The molecule has 3 rings (SSSR count). The van der Waals surface area contributed by atoms with Gasteiger partial charge in [-0.2, -0.15) is 5.10 Å². The number of hydrogen-bond acceptors (Lipinski definition) is 5. The van der Waals surface area contributed by atoms with E-state index in [1.807, 2.05) is 24.3 Å². The Kier molecular flexibility index (Phi) is 4.91. The number of ether oxygens (including phenoxy) is 2. The van der Waals surface area contributed by atoms with Gasteiger partial charge in [0.05, 0.1) is 20.3 Å². The Morgan fingerprint density at radius 1 is 1.27 bits per heavy atom. The zero-order valence-corrected chi connectivity index (χ0v) is 15.6. The number of methoxy groups -OCH3 is 2. The highest BCUT2D eigenvalue weighted by Gasteiger charge is 2.43. The fourth-order valence-corrected chi connectivity index (χ4v) is 3.61. The van der Waals surface area contributed by atoms with E-state index in [4.69, 9.17) is 9.47 Å². The van der Waals surface area contributed by atoms with Crippen LogP contribution in [0.2, 0.25) is 0 Å². The molecule has 1 aromatic heterocycles. The third-order valence-corrected chi connectivity index (χ3v) is 5.10. The van der Waals surface area contributed by atoms with Crippen molar-refractivity contribution in [2.24, 2.45) is 7.05 Å². The number of aryl methyl sites for hydroxylation is 1. The largest absolute Gasteiger partial charge is 0.497 e. The molecule has 0 unspecified atom stereocenters. The molecule has 2 aromatic rings. The molecule has 0 bridgehead atoms. The topological polar surface area (TPSA) is 76.8 Å². The molecule has 26 heavy (non-hydrogen) atoms. The average molecular weight is 359 g/mol. The number of benzene rings is 1. The smallest absolute Gasteiger partial charge is 0.274 e. The van der Waals surface area contributed by atoms with Crippen LogP contribution in [0.5, 0.6) is 11.6 Å². The van der Waals surface area contributed by atoms with Crippen LogP contribution in [0.1, 0.15) is 35.8 Å². The van der Waals surface area contributed by atoms with Gasteiger partial charge in [0.15, 0.2) is 5.69 Å². The van der Waals surface area contributed by atoms with Gasteiger partial charge in [0.2, 0.25) is 5.88 Å². The van der Waals surface area contributed by atoms with Crippen molar-refractivity contribution in [2.45, 2.75) is 31.4 Å². The predicted octanol–water partition coefficient (Wildman–Crippen LogP) is 1.95. The molecule has 1 fully saturated rings. The Balaban J connectivity index is 1.86. The van der Waals surface area contributed by atoms with Gasteiger partial charge in [-0.3, -0.25) is 4.79 Å². The maximum absolute atomic E-state index is 13.0. The van der Waals surface area contributed by atoms with Crippen LogP contribution in [0.3, 0.4) is 0 Å². The van der Waals surface area contributed by atoms with Gasteiger partial charge in [-0.15, -0.1) is 0 Å². The second-order valence-corrected chi connectivity index (χ2v) is 6.73. The molecule has 0 saturated carbocycles. The van der Waals surface area contributed by atoms with E-state index in [-0.39, 0.29) is 11.9 Å². The van der Waals surface area contributed by atoms with Crippen molar-refractivity contribution in [1.82, 2.24) is 14.7 Å². The molecule has 1 aromatic carbocycles. The summed E-state index contributed by atoms with van der Waals surface area (Å²) in [6.07, 6.45) is 1.57. The number of rotatable bonds is 5. The lowest BCUT2D eigenvalue weighted by Crippen LogP contribution is -2.48. The van der Waals surface area contributed by atoms with Crippen LogP contribution in [0.25, 0.3) is 0 Å². The number of aliphatic hydroxyl groups is 1. The second-order valence-electron chi connectivity index (χ2n) is 6.73. The number of carbonyl (C=O) groups is 1. The SMILES string of the molecule is COc1ccc([C@@](C)(O)[C@H]2CCCN2C(=O)c2cc(OC)n(C)n2)cc1. The van der Waals surface area contributed by atoms with E-state index in [9.17, 15) is 9.90 Å². The van der Waals surface area contributed by atoms with Gasteiger partial charge < -0.3 is 19.5 Å². The van der Waals surface area contributed by atoms with Gasteiger partial charge in [0.1, 0.15) is 11.4 Å². The van der Waals surface area contributed by atoms with Crippen LogP contribution in [-0.4, -0.2) is 52.5 Å². The normalized spacial score (nSPS) is 19.3. The van der Waals surface area contributed by atoms with Gasteiger partial charge >= 0.3 is 0 Å². The third-order valence-electron chi connectivity index (χ3n) is 5.10. The minimum absolute atomic E-state index is 0.194. The highest BCUT2D eigenvalue weighted by molar-refractivity contribution is 5.93. The summed E-state index contributed by atoms with van der Waals surface area (Å²) < 4.78 is 11.9. The minimum Gasteiger partial charge on any atom is -0.497 e. The van der Waals surface area contributed by atoms with Crippen molar-refractivity contribution in [3.63, 3.8) is 0 Å². The summed E-state index contributed by atoms with van der Waals surface area (Å²) in [5.41, 5.74) is -0.0968. The first-order chi connectivity index (χ1) is 12.4. The Bertz CT molecular complexity index is 783. The number of amides is 1. The molecule has 2 heterocycles. The van der Waals surface area contributed by atoms with Crippen LogP contribution in [0, 0.1) is 0 Å². The Morgan fingerprint density at radius 2 is 1.96 bits per heavy atom. The van der Waals surface area contributed by atoms with Crippen molar-refractivity contribution in [3.8, 4) is 11.6 Å². The fourth-order valence-electron chi connectivity index (χ4n) is 3.61. The van der Waals surface area contributed by atoms with Crippen LogP contribution in [0.4, 0.5) is 0 Å². The Hall–Kier alpha value is -2.54. The molecule has 140 valence electrons. The maximum Gasteiger partial charge on any atom is 0.274 e. The summed E-state index contributed by atoms with van der Waals surface area (Å²) in [5, 5.41) is 15.5. The summed E-state index contributed by atoms with van der Waals surface area (Å²) in [7, 11) is 4.87. The van der Waals surface area contributed by atoms with Crippen LogP contribution < -0.4 is 9.47 Å². The summed E-state index contributed by atoms with van der Waals surface area (Å²) in [6, 6.07) is 8.60. The molecule has 0 aliphatic carbocycles. The number of nitrogens with zero attached hydrogens (tertiary/aromatic N) is 3. The van der Waals surface area contributed by atoms with Crippen LogP contribution in [0.15, 0.2) is 30.3 Å². The monoisotopic (exact) mass is 359 g/mol. The van der Waals surface area contributed by atoms with Crippen molar-refractivity contribution in [2.75, 3.05) is 20.8 Å². The molecule has 2 atom stereocenters. The maximum atomic E-state index is 13.0. The number of carbonyl (C=O) groups excluding carboxylic acids is 1. The Morgan fingerprint density at radius 3 is 2.54 bits per heavy atom. The van der Waals surface area contributed by atoms with E-state index in [2.05, 4.69) is 5.10 Å². The molecule has 1 aliphatic rings. The van der Waals surface area contributed by atoms with Crippen molar-refractivity contribution in [1.29, 1.82) is 0 Å². The first-order valence-electron chi connectivity index (χ1n) is 8.64. The van der Waals surface area contributed by atoms with E-state index in [0.717, 1.165) is 24.2 Å². The lowest BCUT2D eigenvalue weighted by molar-refractivity contribution is -0.0179. The van der Waals surface area contributed by atoms with Gasteiger partial charge in [-0.1, -0.05) is 12.1 Å². The molecule has 7 nitrogen and oxygen atoms in total. The number of likely N-dealkylation sites (tertiary alicyclic amines) is 1. The number of hydrogen-bond donors (Lipinski definition) is 1. The standard InChI is InChI=1S/C19H25N3O4/c1-19(24,13-7-9-14(25-3)10-8-13)16-6-5-11-22(16)18(23)15-12-17(26-4)21(2)20-15/h7-10,12,16,24H,5-6,11H2,1-4H3/t16-,19-/m1/s1. The molecule has 1 N–H and O–H groups in total. The van der Waals surface area contributed by atoms with E-state index in [0.29, 0.717) is 18.1 Å². The highest BCUT2D eigenvalue weighted by atomic mass is 16.5. The van der Waals surface area contributed by atoms with Crippen LogP contribution in [-0.2, 0) is 12.6 Å². The van der Waals surface area contributed by atoms with Crippen molar-refractivity contribution in [3.05, 3.63) is 41.6 Å². The van der Waals surface area contributed by atoms with Gasteiger partial charge in [0.25, 0.3) is 5.91 Å². The Labute approximate surface area is 153 Å². The third kappa shape index (κ3) is 3.14. The van der Waals surface area contributed by atoms with Crippen LogP contribution >= 0.6 is 0 Å². The molecular weight excluding hydrogens is 334 g/mol. The van der Waals surface area contributed by atoms with Crippen molar-refractivity contribution < 1.29 is 19.4 Å². The molecule has 0 spiro atoms. The zero-order chi connectivity index (χ0) is 18.9. The quantitative estimate of drug-likeness (QED) is 0.883. The average Bonchev–Trinajstić information content (AvgIpc) is 3.28. The van der Waals surface area contributed by atoms with Gasteiger partial charge in [0, 0.05) is 19.7 Å². The molecule has 1 saturated heterocycles. The van der Waals surface area contributed by atoms with E-state index < -0.39 is 5.60 Å². The van der Waals surface area contributed by atoms with E-state index >= 15 is 0 Å². The molecular formula is C19H25N3O4. The molecule has 1 aliphatic heterocycles.